The molecule has 2 fully saturated rings. The predicted octanol–water partition coefficient (Wildman–Crippen LogP) is 6.19. The zero-order valence-corrected chi connectivity index (χ0v) is 25.6. The first-order valence-electron chi connectivity index (χ1n) is 15.1. The van der Waals surface area contributed by atoms with Crippen LogP contribution in [0.3, 0.4) is 0 Å². The third kappa shape index (κ3) is 5.74. The first-order valence-corrected chi connectivity index (χ1v) is 16.0. The summed E-state index contributed by atoms with van der Waals surface area (Å²) in [4.78, 5) is 34.4. The van der Waals surface area contributed by atoms with Gasteiger partial charge in [-0.05, 0) is 121 Å². The summed E-state index contributed by atoms with van der Waals surface area (Å²) in [6.07, 6.45) is 6.39. The van der Waals surface area contributed by atoms with Crippen molar-refractivity contribution in [1.82, 2.24) is 9.88 Å². The molecule has 2 saturated heterocycles. The molecule has 2 N–H and O–H groups in total. The normalized spacial score (nSPS) is 24.0. The molecule has 2 amide bonds. The highest BCUT2D eigenvalue weighted by Crippen LogP contribution is 2.51. The molecule has 3 aliphatic rings. The lowest BCUT2D eigenvalue weighted by Gasteiger charge is -2.43. The lowest BCUT2D eigenvalue weighted by molar-refractivity contribution is -0.140. The van der Waals surface area contributed by atoms with Gasteiger partial charge in [0.25, 0.3) is 0 Å². The molecule has 0 saturated carbocycles. The summed E-state index contributed by atoms with van der Waals surface area (Å²) in [5.74, 6) is -0.987. The monoisotopic (exact) mass is 596 g/mol. The number of carbonyl (C=O) groups is 2. The van der Waals surface area contributed by atoms with Crippen LogP contribution in [0.2, 0.25) is 6.32 Å². The number of amides is 2. The summed E-state index contributed by atoms with van der Waals surface area (Å²) in [7, 11) is -1.01. The number of benzene rings is 1. The number of likely N-dealkylation sites (tertiary alicyclic amines) is 1. The van der Waals surface area contributed by atoms with E-state index in [1.165, 1.54) is 10.5 Å². The second kappa shape index (κ2) is 12.2. The number of thiophene rings is 1. The molecule has 4 atom stereocenters. The van der Waals surface area contributed by atoms with E-state index >= 15 is 0 Å². The molecule has 4 heterocycles. The van der Waals surface area contributed by atoms with E-state index in [0.717, 1.165) is 44.8 Å². The summed E-state index contributed by atoms with van der Waals surface area (Å²) in [6.45, 7) is 6.19. The Morgan fingerprint density at radius 3 is 2.60 bits per heavy atom. The molecule has 1 aliphatic carbocycles. The van der Waals surface area contributed by atoms with Gasteiger partial charge in [-0.1, -0.05) is 24.6 Å². The maximum atomic E-state index is 13.8. The number of nitrogens with zero attached hydrogens (tertiary/aromatic N) is 2. The van der Waals surface area contributed by atoms with Gasteiger partial charge in [0.2, 0.25) is 11.8 Å². The van der Waals surface area contributed by atoms with Gasteiger partial charge in [-0.25, -0.2) is 0 Å². The Morgan fingerprint density at radius 2 is 1.93 bits per heavy atom. The minimum Gasteiger partial charge on any atom is -0.507 e. The number of pyridine rings is 1. The second-order valence-corrected chi connectivity index (χ2v) is 13.0. The number of aromatic hydroxyl groups is 1. The highest BCUT2D eigenvalue weighted by Gasteiger charge is 2.57. The van der Waals surface area contributed by atoms with Crippen molar-refractivity contribution in [2.45, 2.75) is 65.4 Å². The molecule has 2 aliphatic heterocycles. The van der Waals surface area contributed by atoms with Crippen LogP contribution in [-0.2, 0) is 20.8 Å². The Balaban J connectivity index is 1.30. The van der Waals surface area contributed by atoms with Crippen LogP contribution < -0.4 is 0 Å². The van der Waals surface area contributed by atoms with Gasteiger partial charge in [0.05, 0.1) is 30.2 Å². The number of hydrogen-bond donors (Lipinski definition) is 2. The minimum atomic E-state index is -1.01. The third-order valence-corrected chi connectivity index (χ3v) is 10.1. The van der Waals surface area contributed by atoms with Gasteiger partial charge in [0.15, 0.2) is 0 Å². The highest BCUT2D eigenvalue weighted by atomic mass is 32.1. The van der Waals surface area contributed by atoms with Crippen LogP contribution in [-0.4, -0.2) is 45.1 Å². The maximum Gasteiger partial charge on any atom is 0.455 e. The molecule has 0 bridgehead atoms. The highest BCUT2D eigenvalue weighted by molar-refractivity contribution is 7.09. The number of rotatable bonds is 8. The zero-order valence-electron chi connectivity index (χ0n) is 24.8. The lowest BCUT2D eigenvalue weighted by atomic mass is 9.58. The van der Waals surface area contributed by atoms with Gasteiger partial charge in [-0.15, -0.1) is 11.3 Å². The first kappa shape index (κ1) is 29.5. The summed E-state index contributed by atoms with van der Waals surface area (Å²) < 4.78 is 6.21. The van der Waals surface area contributed by atoms with Gasteiger partial charge < -0.3 is 14.8 Å². The van der Waals surface area contributed by atoms with E-state index in [2.05, 4.69) is 18.0 Å². The molecule has 222 valence electrons. The smallest absolute Gasteiger partial charge is 0.455 e. The number of imide groups is 1. The number of carbonyl (C=O) groups excluding carboxylic acids is 2. The average Bonchev–Trinajstić information content (AvgIpc) is 3.60. The fourth-order valence-corrected chi connectivity index (χ4v) is 7.96. The number of fused-ring (bicyclic) bond motifs is 3. The average molecular weight is 597 g/mol. The lowest BCUT2D eigenvalue weighted by Crippen LogP contribution is -2.46. The standard InChI is InChI=1S/C34H37BN2O5S/c1-4-23-17-26-31(34(40)37(33(26)39)19-25-8-7-13-43-25)27-18-35(41)42-29(30(23)27)11-10-24(28-9-5-6-12-36-28)16-22-14-20(2)32(38)21(3)15-22/h5-9,12-16,26-27,29,31,38,41H,4,10-11,17-19H2,1-3H3/b24-16-/t26-,27+,29-,31-/m1/s1. The van der Waals surface area contributed by atoms with Gasteiger partial charge in [-0.2, -0.15) is 0 Å². The van der Waals surface area contributed by atoms with Crippen LogP contribution in [0.5, 0.6) is 5.75 Å². The number of aryl methyl sites for hydroxylation is 2. The van der Waals surface area contributed by atoms with Crippen molar-refractivity contribution in [3.05, 3.63) is 92.4 Å². The maximum absolute atomic E-state index is 13.8. The van der Waals surface area contributed by atoms with Crippen molar-refractivity contribution in [2.75, 3.05) is 0 Å². The Kier molecular flexibility index (Phi) is 8.40. The SMILES string of the molecule is CCC1=C2[C@@H](CC/C(=C/c3cc(C)c(O)c(C)c3)c3ccccn3)OB(O)C[C@@H]2[C@@H]2C(=O)N(Cc3cccs3)C(=O)[C@@H]2C1. The number of phenols is 1. The number of phenolic OH excluding ortho intramolecular Hbond substituents is 1. The van der Waals surface area contributed by atoms with Crippen LogP contribution in [0.15, 0.2) is 65.2 Å². The topological polar surface area (TPSA) is 100.0 Å². The molecule has 9 heteroatoms. The summed E-state index contributed by atoms with van der Waals surface area (Å²) in [5.41, 5.74) is 6.75. The number of hydrogen-bond acceptors (Lipinski definition) is 7. The van der Waals surface area contributed by atoms with Crippen LogP contribution in [0, 0.1) is 31.6 Å². The molecular weight excluding hydrogens is 559 g/mol. The Morgan fingerprint density at radius 1 is 1.14 bits per heavy atom. The van der Waals surface area contributed by atoms with Crippen molar-refractivity contribution in [3.63, 3.8) is 0 Å². The molecule has 0 spiro atoms. The van der Waals surface area contributed by atoms with Gasteiger partial charge in [-0.3, -0.25) is 19.5 Å². The van der Waals surface area contributed by atoms with E-state index in [9.17, 15) is 19.7 Å². The molecule has 1 aromatic carbocycles. The minimum absolute atomic E-state index is 0.0919. The van der Waals surface area contributed by atoms with E-state index in [4.69, 9.17) is 4.65 Å². The van der Waals surface area contributed by atoms with Crippen molar-refractivity contribution < 1.29 is 24.4 Å². The van der Waals surface area contributed by atoms with E-state index in [1.54, 1.807) is 17.5 Å². The molecule has 43 heavy (non-hydrogen) atoms. The Labute approximate surface area is 257 Å². The Bertz CT molecular complexity index is 1560. The molecule has 3 aromatic rings. The first-order chi connectivity index (χ1) is 20.7. The van der Waals surface area contributed by atoms with Gasteiger partial charge >= 0.3 is 7.12 Å². The van der Waals surface area contributed by atoms with Crippen molar-refractivity contribution in [2.24, 2.45) is 17.8 Å². The van der Waals surface area contributed by atoms with E-state index in [1.807, 2.05) is 61.7 Å². The number of allylic oxidation sites excluding steroid dienone is 2. The zero-order chi connectivity index (χ0) is 30.2. The third-order valence-electron chi connectivity index (χ3n) is 9.24. The van der Waals surface area contributed by atoms with Crippen molar-refractivity contribution >= 4 is 41.9 Å². The molecule has 7 nitrogen and oxygen atoms in total. The molecule has 2 aromatic heterocycles. The Hall–Kier alpha value is -3.53. The molecule has 6 rings (SSSR count). The fraction of sp³-hybridized carbons (Fsp3) is 0.382. The largest absolute Gasteiger partial charge is 0.507 e. The molecular formula is C34H37BN2O5S. The molecule has 0 radical (unpaired) electrons. The van der Waals surface area contributed by atoms with Crippen LogP contribution in [0.4, 0.5) is 0 Å². The van der Waals surface area contributed by atoms with Gasteiger partial charge in [0.1, 0.15) is 5.75 Å². The van der Waals surface area contributed by atoms with Crippen molar-refractivity contribution in [3.8, 4) is 5.75 Å². The summed E-state index contributed by atoms with van der Waals surface area (Å²) in [6, 6.07) is 13.7. The van der Waals surface area contributed by atoms with Crippen LogP contribution in [0.25, 0.3) is 11.6 Å². The van der Waals surface area contributed by atoms with Crippen LogP contribution >= 0.6 is 11.3 Å². The second-order valence-electron chi connectivity index (χ2n) is 11.9. The predicted molar refractivity (Wildman–Crippen MR) is 169 cm³/mol. The summed E-state index contributed by atoms with van der Waals surface area (Å²) >= 11 is 1.55. The summed E-state index contributed by atoms with van der Waals surface area (Å²) in [5, 5.41) is 23.2. The quantitative estimate of drug-likeness (QED) is 0.183. The van der Waals surface area contributed by atoms with E-state index in [0.29, 0.717) is 37.9 Å². The molecule has 0 unspecified atom stereocenters. The van der Waals surface area contributed by atoms with E-state index in [-0.39, 0.29) is 29.8 Å². The van der Waals surface area contributed by atoms with Gasteiger partial charge in [0, 0.05) is 11.1 Å². The van der Waals surface area contributed by atoms with Crippen LogP contribution in [0.1, 0.15) is 59.9 Å². The van der Waals surface area contributed by atoms with Crippen molar-refractivity contribution in [1.29, 1.82) is 0 Å². The number of aromatic nitrogens is 1. The van der Waals surface area contributed by atoms with E-state index < -0.39 is 13.0 Å². The fourth-order valence-electron chi connectivity index (χ4n) is 7.27.